The first-order chi connectivity index (χ1) is 11.5. The Morgan fingerprint density at radius 3 is 2.92 bits per heavy atom. The van der Waals surface area contributed by atoms with Crippen LogP contribution in [0.15, 0.2) is 29.3 Å². The maximum absolute atomic E-state index is 6.16. The van der Waals surface area contributed by atoms with Crippen molar-refractivity contribution in [1.82, 2.24) is 0 Å². The molecule has 5 nitrogen and oxygen atoms in total. The zero-order valence-corrected chi connectivity index (χ0v) is 17.7. The lowest BCUT2D eigenvalue weighted by Gasteiger charge is -2.50. The summed E-state index contributed by atoms with van der Waals surface area (Å²) in [6.07, 6.45) is 3.10. The van der Waals surface area contributed by atoms with E-state index in [1.54, 1.807) is 0 Å². The van der Waals surface area contributed by atoms with E-state index in [0.717, 1.165) is 31.6 Å². The molecule has 1 aliphatic carbocycles. The van der Waals surface area contributed by atoms with Crippen LogP contribution in [0.5, 0.6) is 0 Å². The maximum Gasteiger partial charge on any atom is 0.193 e. The van der Waals surface area contributed by atoms with Gasteiger partial charge in [-0.25, -0.2) is 4.99 Å². The Kier molecular flexibility index (Phi) is 7.10. The minimum absolute atomic E-state index is 0. The molecule has 0 aromatic heterocycles. The Balaban J connectivity index is 0.00000225. The largest absolute Gasteiger partial charge is 0.375 e. The van der Waals surface area contributed by atoms with Crippen molar-refractivity contribution >= 4 is 35.6 Å². The summed E-state index contributed by atoms with van der Waals surface area (Å²) in [5, 5.41) is 3.22. The average molecular weight is 459 g/mol. The van der Waals surface area contributed by atoms with Crippen LogP contribution in [0.3, 0.4) is 0 Å². The monoisotopic (exact) mass is 459 g/mol. The molecule has 3 atom stereocenters. The van der Waals surface area contributed by atoms with Gasteiger partial charge in [-0.15, -0.1) is 24.0 Å². The predicted octanol–water partition coefficient (Wildman–Crippen LogP) is 3.88. The second-order valence-corrected chi connectivity index (χ2v) is 7.02. The van der Waals surface area contributed by atoms with Gasteiger partial charge in [0.25, 0.3) is 0 Å². The van der Waals surface area contributed by atoms with Crippen LogP contribution in [-0.2, 0) is 9.47 Å². The van der Waals surface area contributed by atoms with Gasteiger partial charge in [0.15, 0.2) is 5.96 Å². The number of benzene rings is 1. The molecule has 1 aliphatic heterocycles. The summed E-state index contributed by atoms with van der Waals surface area (Å²) in [4.78, 5) is 4.70. The molecule has 6 heteroatoms. The third-order valence-electron chi connectivity index (χ3n) is 5.12. The molecule has 1 saturated heterocycles. The van der Waals surface area contributed by atoms with E-state index >= 15 is 0 Å². The van der Waals surface area contributed by atoms with Crippen molar-refractivity contribution in [2.75, 3.05) is 18.5 Å². The van der Waals surface area contributed by atoms with Crippen molar-refractivity contribution in [2.45, 2.75) is 63.7 Å². The van der Waals surface area contributed by atoms with Crippen LogP contribution in [0.25, 0.3) is 0 Å². The topological polar surface area (TPSA) is 68.9 Å². The maximum atomic E-state index is 6.16. The van der Waals surface area contributed by atoms with E-state index in [9.17, 15) is 0 Å². The Hall–Kier alpha value is -0.860. The van der Waals surface area contributed by atoms with Crippen LogP contribution in [-0.4, -0.2) is 36.9 Å². The van der Waals surface area contributed by atoms with E-state index in [4.69, 9.17) is 20.2 Å². The smallest absolute Gasteiger partial charge is 0.193 e. The van der Waals surface area contributed by atoms with Gasteiger partial charge in [0.2, 0.25) is 0 Å². The second-order valence-electron chi connectivity index (χ2n) is 7.02. The molecule has 1 aromatic rings. The van der Waals surface area contributed by atoms with Gasteiger partial charge in [-0.3, -0.25) is 0 Å². The molecule has 1 heterocycles. The van der Waals surface area contributed by atoms with Gasteiger partial charge in [0.1, 0.15) is 5.60 Å². The van der Waals surface area contributed by atoms with E-state index in [-0.39, 0.29) is 41.7 Å². The van der Waals surface area contributed by atoms with Gasteiger partial charge in [-0.2, -0.15) is 0 Å². The molecular formula is C19H30IN3O2. The fourth-order valence-corrected chi connectivity index (χ4v) is 3.75. The van der Waals surface area contributed by atoms with E-state index in [0.29, 0.717) is 18.5 Å². The summed E-state index contributed by atoms with van der Waals surface area (Å²) < 4.78 is 11.9. The number of rotatable bonds is 5. The van der Waals surface area contributed by atoms with Crippen LogP contribution in [0.1, 0.15) is 51.5 Å². The number of nitrogens with one attached hydrogen (secondary N) is 1. The molecular weight excluding hydrogens is 429 g/mol. The number of nitrogens with zero attached hydrogens (tertiary/aromatic N) is 1. The lowest BCUT2D eigenvalue weighted by atomic mass is 9.70. The highest BCUT2D eigenvalue weighted by Crippen LogP contribution is 2.47. The van der Waals surface area contributed by atoms with Crippen LogP contribution < -0.4 is 11.1 Å². The number of halogens is 1. The minimum Gasteiger partial charge on any atom is -0.375 e. The molecule has 1 saturated carbocycles. The fourth-order valence-electron chi connectivity index (χ4n) is 3.75. The summed E-state index contributed by atoms with van der Waals surface area (Å²) in [7, 11) is 0. The third-order valence-corrected chi connectivity index (χ3v) is 5.12. The number of guanidine groups is 1. The van der Waals surface area contributed by atoms with Crippen LogP contribution in [0, 0.1) is 0 Å². The first-order valence-electron chi connectivity index (χ1n) is 9.01. The Morgan fingerprint density at radius 1 is 1.48 bits per heavy atom. The van der Waals surface area contributed by atoms with E-state index < -0.39 is 0 Å². The Morgan fingerprint density at radius 2 is 2.28 bits per heavy atom. The fraction of sp³-hybridized carbons (Fsp3) is 0.632. The standard InChI is InChI=1S/C19H29N3O2.HI/c1-4-23-17-12-16(19(17)9-6-10-24-19)22-18(20)21-15-8-5-7-14(11-15)13(2)3;/h5,7-8,11,13,16-17H,4,6,9-10,12H2,1-3H3,(H3,20,21,22);1H. The first kappa shape index (κ1) is 20.5. The first-order valence-corrected chi connectivity index (χ1v) is 9.01. The molecule has 3 N–H and O–H groups in total. The average Bonchev–Trinajstić information content (AvgIpc) is 3.07. The summed E-state index contributed by atoms with van der Waals surface area (Å²) in [6, 6.07) is 8.39. The highest BCUT2D eigenvalue weighted by atomic mass is 127. The predicted molar refractivity (Wildman–Crippen MR) is 113 cm³/mol. The van der Waals surface area contributed by atoms with Crippen molar-refractivity contribution in [3.8, 4) is 0 Å². The molecule has 1 aromatic carbocycles. The number of hydrogen-bond donors (Lipinski definition) is 2. The number of hydrogen-bond acceptors (Lipinski definition) is 3. The lowest BCUT2D eigenvalue weighted by molar-refractivity contribution is -0.188. The van der Waals surface area contributed by atoms with E-state index in [2.05, 4.69) is 31.3 Å². The molecule has 3 unspecified atom stereocenters. The normalized spacial score (nSPS) is 28.7. The minimum atomic E-state index is -0.262. The zero-order valence-electron chi connectivity index (χ0n) is 15.3. The van der Waals surface area contributed by atoms with Gasteiger partial charge >= 0.3 is 0 Å². The molecule has 3 rings (SSSR count). The molecule has 0 bridgehead atoms. The number of aliphatic imine (C=N–C) groups is 1. The molecule has 0 amide bonds. The van der Waals surface area contributed by atoms with Gasteiger partial charge < -0.3 is 20.5 Å². The molecule has 2 fully saturated rings. The lowest BCUT2D eigenvalue weighted by Crippen LogP contribution is -2.63. The summed E-state index contributed by atoms with van der Waals surface area (Å²) in [5.41, 5.74) is 8.15. The van der Waals surface area contributed by atoms with Gasteiger partial charge in [-0.1, -0.05) is 26.0 Å². The Bertz CT molecular complexity index is 600. The number of nitrogens with two attached hydrogens (primary N) is 1. The molecule has 0 radical (unpaired) electrons. The third kappa shape index (κ3) is 4.28. The van der Waals surface area contributed by atoms with Crippen LogP contribution in [0.2, 0.25) is 0 Å². The van der Waals surface area contributed by atoms with Crippen LogP contribution >= 0.6 is 24.0 Å². The summed E-state index contributed by atoms with van der Waals surface area (Å²) in [5.74, 6) is 0.935. The summed E-state index contributed by atoms with van der Waals surface area (Å²) >= 11 is 0. The molecule has 2 aliphatic rings. The van der Waals surface area contributed by atoms with Crippen molar-refractivity contribution in [3.63, 3.8) is 0 Å². The zero-order chi connectivity index (χ0) is 17.2. The number of ether oxygens (including phenoxy) is 2. The van der Waals surface area contributed by atoms with Gasteiger partial charge in [-0.05, 0) is 43.4 Å². The second kappa shape index (κ2) is 8.68. The van der Waals surface area contributed by atoms with Crippen molar-refractivity contribution in [1.29, 1.82) is 0 Å². The van der Waals surface area contributed by atoms with Crippen molar-refractivity contribution in [3.05, 3.63) is 29.8 Å². The highest BCUT2D eigenvalue weighted by molar-refractivity contribution is 14.0. The number of anilines is 1. The van der Waals surface area contributed by atoms with Crippen molar-refractivity contribution in [2.24, 2.45) is 10.7 Å². The molecule has 140 valence electrons. The van der Waals surface area contributed by atoms with Crippen LogP contribution in [0.4, 0.5) is 5.69 Å². The van der Waals surface area contributed by atoms with Gasteiger partial charge in [0, 0.05) is 25.3 Å². The van der Waals surface area contributed by atoms with Gasteiger partial charge in [0.05, 0.1) is 12.1 Å². The van der Waals surface area contributed by atoms with Crippen molar-refractivity contribution < 1.29 is 9.47 Å². The quantitative estimate of drug-likeness (QED) is 0.399. The SMILES string of the molecule is CCOC1CC(N=C(N)Nc2cccc(C(C)C)c2)C12CCCO2.I. The highest BCUT2D eigenvalue weighted by Gasteiger charge is 2.59. The molecule has 25 heavy (non-hydrogen) atoms. The van der Waals surface area contributed by atoms with E-state index in [1.165, 1.54) is 5.56 Å². The summed E-state index contributed by atoms with van der Waals surface area (Å²) in [6.45, 7) is 7.89. The van der Waals surface area contributed by atoms with E-state index in [1.807, 2.05) is 19.1 Å². The molecule has 1 spiro atoms. The Labute approximate surface area is 167 Å².